The van der Waals surface area contributed by atoms with Crippen molar-refractivity contribution in [3.05, 3.63) is 68.4 Å². The maximum Gasteiger partial charge on any atom is 0.251 e. The van der Waals surface area contributed by atoms with Gasteiger partial charge in [-0.15, -0.1) is 0 Å². The van der Waals surface area contributed by atoms with Gasteiger partial charge in [0.15, 0.2) is 0 Å². The van der Waals surface area contributed by atoms with Gasteiger partial charge in [0.05, 0.1) is 5.56 Å². The highest BCUT2D eigenvalue weighted by Gasteiger charge is 2.45. The van der Waals surface area contributed by atoms with Crippen molar-refractivity contribution >= 4 is 40.2 Å². The van der Waals surface area contributed by atoms with E-state index in [-0.39, 0.29) is 16.9 Å². The summed E-state index contributed by atoms with van der Waals surface area (Å²) in [5.74, 6) is -0.779. The Morgan fingerprint density at radius 3 is 2.27 bits per heavy atom. The van der Waals surface area contributed by atoms with Crippen molar-refractivity contribution in [2.45, 2.75) is 74.9 Å². The highest BCUT2D eigenvalue weighted by atomic mass is 35.5. The molecule has 2 aromatic carbocycles. The fourth-order valence-corrected chi connectivity index (χ4v) is 6.73. The number of hydrogen-bond donors (Lipinski definition) is 1. The lowest BCUT2D eigenvalue weighted by Gasteiger charge is -2.38. The van der Waals surface area contributed by atoms with Gasteiger partial charge in [0.1, 0.15) is 5.82 Å². The molecule has 1 unspecified atom stereocenters. The Bertz CT molecular complexity index is 1200. The van der Waals surface area contributed by atoms with Crippen molar-refractivity contribution < 1.29 is 17.9 Å². The molecule has 4 fully saturated rings. The molecule has 4 atom stereocenters. The number of halogens is 3. The Kier molecular flexibility index (Phi) is 7.97. The molecule has 2 aromatic rings. The van der Waals surface area contributed by atoms with E-state index in [4.69, 9.17) is 28.9 Å². The number of carbonyl (C=O) groups excluding carboxylic acids is 1. The van der Waals surface area contributed by atoms with Gasteiger partial charge in [0.2, 0.25) is 0 Å². The molecule has 2 saturated carbocycles. The Morgan fingerprint density at radius 2 is 1.78 bits per heavy atom. The number of carbonyl (C=O) groups is 1. The fourth-order valence-electron chi connectivity index (χ4n) is 5.67. The van der Waals surface area contributed by atoms with E-state index in [1.165, 1.54) is 6.07 Å². The predicted octanol–water partition coefficient (Wildman–Crippen LogP) is 5.16. The third kappa shape index (κ3) is 6.21. The fraction of sp³-hybridized carbons (Fsp3) is 0.519. The summed E-state index contributed by atoms with van der Waals surface area (Å²) in [6, 6.07) is 10.1. The van der Waals surface area contributed by atoms with E-state index in [9.17, 15) is 17.9 Å². The van der Waals surface area contributed by atoms with E-state index in [1.54, 1.807) is 12.1 Å². The minimum atomic E-state index is -1.76. The number of nitrogens with zero attached hydrogens (tertiary/aromatic N) is 2. The van der Waals surface area contributed by atoms with E-state index < -0.39 is 22.8 Å². The Labute approximate surface area is 229 Å². The van der Waals surface area contributed by atoms with Crippen LogP contribution in [0.25, 0.3) is 0 Å². The number of piperazine rings is 1. The van der Waals surface area contributed by atoms with Gasteiger partial charge in [-0.25, -0.2) is 4.39 Å². The second kappa shape index (κ2) is 10.9. The van der Waals surface area contributed by atoms with E-state index >= 15 is 0 Å². The van der Waals surface area contributed by atoms with Gasteiger partial charge in [-0.2, -0.15) is 0 Å². The number of fused-ring (bicyclic) bond motifs is 2. The van der Waals surface area contributed by atoms with Crippen molar-refractivity contribution in [2.75, 3.05) is 13.1 Å². The maximum absolute atomic E-state index is 14.5. The van der Waals surface area contributed by atoms with Crippen LogP contribution in [0.2, 0.25) is 10.0 Å². The van der Waals surface area contributed by atoms with E-state index in [0.717, 1.165) is 61.9 Å². The van der Waals surface area contributed by atoms with E-state index in [1.807, 2.05) is 12.1 Å². The zero-order chi connectivity index (χ0) is 26.4. The quantitative estimate of drug-likeness (QED) is 0.467. The van der Waals surface area contributed by atoms with Crippen LogP contribution >= 0.6 is 23.2 Å². The normalized spacial score (nSPS) is 25.0. The summed E-state index contributed by atoms with van der Waals surface area (Å²) in [7, 11) is 0. The van der Waals surface area contributed by atoms with E-state index in [2.05, 4.69) is 16.7 Å². The molecule has 37 heavy (non-hydrogen) atoms. The molecule has 200 valence electrons. The first-order valence-electron chi connectivity index (χ1n) is 12.8. The van der Waals surface area contributed by atoms with Crippen LogP contribution in [-0.2, 0) is 17.6 Å². The standard InChI is InChI=1S/C24H26Cl2FN3O.C3H6O2S/c1-13(15-4-17(25)7-18(26)5-15)30-12-19-8-20(30)11-29(19)10-16-6-23(27)22(24(28)31)9-21(16)14-2-3-14;4-6(5)3-1-2-3/h4-7,9,13-14,19-20H,2-3,8,10-12H2,1H3,(H2,28,31);3H,1-2H2,(H,4,5)/p-1/t13-,19-,20-;/m0./s1. The first kappa shape index (κ1) is 27.0. The first-order chi connectivity index (χ1) is 17.6. The Hall–Kier alpha value is -1.55. The van der Waals surface area contributed by atoms with Gasteiger partial charge >= 0.3 is 0 Å². The lowest BCUT2D eigenvalue weighted by Crippen LogP contribution is -2.46. The summed E-state index contributed by atoms with van der Waals surface area (Å²) >= 11 is 10.7. The zero-order valence-electron chi connectivity index (χ0n) is 20.7. The maximum atomic E-state index is 14.5. The molecule has 2 N–H and O–H groups in total. The van der Waals surface area contributed by atoms with Crippen LogP contribution in [0.5, 0.6) is 0 Å². The van der Waals surface area contributed by atoms with Crippen LogP contribution in [0.15, 0.2) is 30.3 Å². The third-order valence-electron chi connectivity index (χ3n) is 7.94. The number of likely N-dealkylation sites (tertiary alicyclic amines) is 2. The highest BCUT2D eigenvalue weighted by molar-refractivity contribution is 7.80. The van der Waals surface area contributed by atoms with Gasteiger partial charge in [-0.1, -0.05) is 34.3 Å². The molecular weight excluding hydrogens is 536 g/mol. The van der Waals surface area contributed by atoms with Gasteiger partial charge in [0.25, 0.3) is 5.91 Å². The molecule has 1 amide bonds. The lowest BCUT2D eigenvalue weighted by molar-refractivity contribution is 0.0935. The monoisotopic (exact) mass is 566 g/mol. The zero-order valence-corrected chi connectivity index (χ0v) is 23.0. The van der Waals surface area contributed by atoms with Gasteiger partial charge in [0, 0.05) is 53.1 Å². The molecule has 2 aliphatic carbocycles. The van der Waals surface area contributed by atoms with Crippen molar-refractivity contribution in [1.82, 2.24) is 9.80 Å². The number of hydrogen-bond acceptors (Lipinski definition) is 5. The molecule has 2 heterocycles. The number of primary amides is 1. The smallest absolute Gasteiger partial charge is 0.251 e. The Morgan fingerprint density at radius 1 is 1.11 bits per heavy atom. The van der Waals surface area contributed by atoms with Crippen LogP contribution in [-0.4, -0.2) is 54.9 Å². The summed E-state index contributed by atoms with van der Waals surface area (Å²) in [6.07, 6.45) is 5.07. The van der Waals surface area contributed by atoms with Crippen LogP contribution < -0.4 is 5.73 Å². The molecule has 0 radical (unpaired) electrons. The second-order valence-corrected chi connectivity index (χ2v) is 12.7. The molecule has 2 bridgehead atoms. The molecule has 0 spiro atoms. The third-order valence-corrected chi connectivity index (χ3v) is 9.39. The molecule has 2 saturated heterocycles. The number of amides is 1. The highest BCUT2D eigenvalue weighted by Crippen LogP contribution is 2.44. The summed E-state index contributed by atoms with van der Waals surface area (Å²) in [5.41, 5.74) is 8.60. The number of rotatable bonds is 7. The lowest BCUT2D eigenvalue weighted by atomic mass is 9.98. The van der Waals surface area contributed by atoms with Crippen LogP contribution in [0, 0.1) is 5.82 Å². The minimum absolute atomic E-state index is 0.00813. The van der Waals surface area contributed by atoms with Crippen LogP contribution in [0.1, 0.15) is 78.0 Å². The molecule has 6 rings (SSSR count). The average Bonchev–Trinajstić information content (AvgIpc) is 3.76. The van der Waals surface area contributed by atoms with Crippen molar-refractivity contribution in [2.24, 2.45) is 5.73 Å². The Balaban J connectivity index is 0.000000412. The average molecular weight is 568 g/mol. The van der Waals surface area contributed by atoms with Crippen molar-refractivity contribution in [3.8, 4) is 0 Å². The molecule has 10 heteroatoms. The van der Waals surface area contributed by atoms with Crippen molar-refractivity contribution in [1.29, 1.82) is 0 Å². The van der Waals surface area contributed by atoms with Crippen LogP contribution in [0.4, 0.5) is 4.39 Å². The largest absolute Gasteiger partial charge is 0.772 e. The SMILES string of the molecule is C[C@@H](c1cc(Cl)cc(Cl)c1)N1C[C@@H]2C[C@H]1CN2Cc1cc(F)c(C(N)=O)cc1C1CC1.O=S([O-])C1CC1. The molecular formula is C27H31Cl2FN3O3S-. The van der Waals surface area contributed by atoms with Gasteiger partial charge in [-0.3, -0.25) is 18.8 Å². The van der Waals surface area contributed by atoms with Crippen LogP contribution in [0.3, 0.4) is 0 Å². The van der Waals surface area contributed by atoms with E-state index in [0.29, 0.717) is 34.6 Å². The number of nitrogens with two attached hydrogens (primary N) is 1. The summed E-state index contributed by atoms with van der Waals surface area (Å²) < 4.78 is 34.0. The molecule has 4 aliphatic rings. The predicted molar refractivity (Wildman–Crippen MR) is 143 cm³/mol. The molecule has 6 nitrogen and oxygen atoms in total. The van der Waals surface area contributed by atoms with Crippen molar-refractivity contribution in [3.63, 3.8) is 0 Å². The topological polar surface area (TPSA) is 89.7 Å². The minimum Gasteiger partial charge on any atom is -0.772 e. The second-order valence-electron chi connectivity index (χ2n) is 10.7. The summed E-state index contributed by atoms with van der Waals surface area (Å²) in [5, 5.41) is 1.34. The molecule has 0 aromatic heterocycles. The van der Waals surface area contributed by atoms with Gasteiger partial charge < -0.3 is 10.3 Å². The first-order valence-corrected chi connectivity index (χ1v) is 14.7. The summed E-state index contributed by atoms with van der Waals surface area (Å²) in [6.45, 7) is 4.84. The molecule has 2 aliphatic heterocycles. The summed E-state index contributed by atoms with van der Waals surface area (Å²) in [4.78, 5) is 16.6. The van der Waals surface area contributed by atoms with Gasteiger partial charge in [-0.05, 0) is 92.0 Å². The number of benzene rings is 2.